The minimum atomic E-state index is -0.853. The van der Waals surface area contributed by atoms with Crippen molar-refractivity contribution in [2.24, 2.45) is 0 Å². The van der Waals surface area contributed by atoms with Crippen LogP contribution in [-0.4, -0.2) is 12.6 Å². The summed E-state index contributed by atoms with van der Waals surface area (Å²) in [6, 6.07) is 0. The van der Waals surface area contributed by atoms with E-state index < -0.39 is 5.97 Å². The molecule has 1 aliphatic rings. The Morgan fingerprint density at radius 2 is 2.30 bits per heavy atom. The third kappa shape index (κ3) is 1.51. The zero-order valence-corrected chi connectivity index (χ0v) is 5.87. The highest BCUT2D eigenvalue weighted by molar-refractivity contribution is 4.78. The molecule has 3 heteroatoms. The highest BCUT2D eigenvalue weighted by atomic mass is 16.9. The molecule has 0 aliphatic carbocycles. The summed E-state index contributed by atoms with van der Waals surface area (Å²) in [4.78, 5) is 0. The molecule has 0 aromatic heterocycles. The molecule has 3 nitrogen and oxygen atoms in total. The number of rotatable bonds is 4. The van der Waals surface area contributed by atoms with Gasteiger partial charge in [-0.15, -0.1) is 0 Å². The molecule has 0 bridgehead atoms. The van der Waals surface area contributed by atoms with Crippen molar-refractivity contribution in [3.63, 3.8) is 0 Å². The van der Waals surface area contributed by atoms with Crippen molar-refractivity contribution in [1.29, 1.82) is 0 Å². The summed E-state index contributed by atoms with van der Waals surface area (Å²) in [6.07, 6.45) is 4.59. The molecule has 56 valence electrons. The average molecular weight is 142 g/mol. The molecule has 1 heterocycles. The van der Waals surface area contributed by atoms with Crippen LogP contribution >= 0.6 is 0 Å². The fourth-order valence-electron chi connectivity index (χ4n) is 0.521. The molecule has 0 saturated carbocycles. The zero-order valence-electron chi connectivity index (χ0n) is 5.87. The molecule has 0 N–H and O–H groups in total. The Morgan fingerprint density at radius 3 is 2.70 bits per heavy atom. The molecule has 1 fully saturated rings. The molecule has 0 spiro atoms. The first-order valence-corrected chi connectivity index (χ1v) is 3.04. The summed E-state index contributed by atoms with van der Waals surface area (Å²) in [5.41, 5.74) is 0. The summed E-state index contributed by atoms with van der Waals surface area (Å²) in [7, 11) is 0. The van der Waals surface area contributed by atoms with Crippen LogP contribution in [0.2, 0.25) is 0 Å². The maximum atomic E-state index is 5.03. The van der Waals surface area contributed by atoms with Gasteiger partial charge in [0.05, 0.1) is 12.5 Å². The van der Waals surface area contributed by atoms with Gasteiger partial charge in [0.2, 0.25) is 0 Å². The van der Waals surface area contributed by atoms with Crippen LogP contribution in [0.1, 0.15) is 6.92 Å². The predicted molar refractivity (Wildman–Crippen MR) is 35.9 cm³/mol. The zero-order chi connectivity index (χ0) is 7.45. The third-order valence-corrected chi connectivity index (χ3v) is 1.03. The Balaban J connectivity index is 2.29. The molecule has 1 saturated heterocycles. The number of hydrogen-bond acceptors (Lipinski definition) is 3. The van der Waals surface area contributed by atoms with Crippen molar-refractivity contribution >= 4 is 0 Å². The summed E-state index contributed by atoms with van der Waals surface area (Å²) in [5, 5.41) is 0. The number of allylic oxidation sites excluding steroid dienone is 1. The van der Waals surface area contributed by atoms with Gasteiger partial charge in [0, 0.05) is 0 Å². The van der Waals surface area contributed by atoms with E-state index in [-0.39, 0.29) is 0 Å². The Morgan fingerprint density at radius 1 is 1.60 bits per heavy atom. The van der Waals surface area contributed by atoms with Gasteiger partial charge >= 0.3 is 5.97 Å². The fraction of sp³-hybridized carbons (Fsp3) is 0.429. The van der Waals surface area contributed by atoms with Crippen LogP contribution in [0.25, 0.3) is 0 Å². The van der Waals surface area contributed by atoms with E-state index in [9.17, 15) is 0 Å². The van der Waals surface area contributed by atoms with Crippen LogP contribution in [0.15, 0.2) is 25.2 Å². The topological polar surface area (TPSA) is 31.0 Å². The van der Waals surface area contributed by atoms with Crippen LogP contribution in [0.5, 0.6) is 0 Å². The summed E-state index contributed by atoms with van der Waals surface area (Å²) in [5.74, 6) is -0.853. The minimum Gasteiger partial charge on any atom is -0.437 e. The smallest absolute Gasteiger partial charge is 0.396 e. The Hall–Kier alpha value is -0.960. The highest BCUT2D eigenvalue weighted by Gasteiger charge is 2.50. The van der Waals surface area contributed by atoms with E-state index in [0.717, 1.165) is 0 Å². The van der Waals surface area contributed by atoms with E-state index in [1.807, 2.05) is 6.92 Å². The van der Waals surface area contributed by atoms with E-state index in [4.69, 9.17) is 14.2 Å². The minimum absolute atomic E-state index is 0.462. The second-order valence-corrected chi connectivity index (χ2v) is 1.84. The van der Waals surface area contributed by atoms with Crippen molar-refractivity contribution in [3.8, 4) is 0 Å². The van der Waals surface area contributed by atoms with Gasteiger partial charge in [0.25, 0.3) is 0 Å². The van der Waals surface area contributed by atoms with Crippen LogP contribution in [0, 0.1) is 0 Å². The van der Waals surface area contributed by atoms with Gasteiger partial charge in [-0.1, -0.05) is 12.7 Å². The Kier molecular flexibility index (Phi) is 1.97. The molecule has 1 rings (SSSR count). The van der Waals surface area contributed by atoms with E-state index in [2.05, 4.69) is 6.58 Å². The predicted octanol–water partition coefficient (Wildman–Crippen LogP) is 1.38. The number of ether oxygens (including phenoxy) is 3. The summed E-state index contributed by atoms with van der Waals surface area (Å²) >= 11 is 0. The maximum absolute atomic E-state index is 5.03. The summed E-state index contributed by atoms with van der Waals surface area (Å²) in [6.45, 7) is 5.70. The molecular formula is C7H10O3. The van der Waals surface area contributed by atoms with Gasteiger partial charge in [0.15, 0.2) is 6.61 Å². The lowest BCUT2D eigenvalue weighted by Crippen LogP contribution is -2.14. The second-order valence-electron chi connectivity index (χ2n) is 1.84. The van der Waals surface area contributed by atoms with Crippen LogP contribution < -0.4 is 0 Å². The lowest BCUT2D eigenvalue weighted by atomic mass is 10.7. The quantitative estimate of drug-likeness (QED) is 0.337. The molecular weight excluding hydrogens is 132 g/mol. The molecule has 1 aliphatic heterocycles. The van der Waals surface area contributed by atoms with Gasteiger partial charge in [-0.3, -0.25) is 4.74 Å². The molecule has 1 atom stereocenters. The average Bonchev–Trinajstić information content (AvgIpc) is 2.67. The standard InChI is InChI=1S/C7H10O3/c1-3-5-9-7(6-10-7)8-4-2/h3-5H,2,6H2,1H3. The van der Waals surface area contributed by atoms with Crippen molar-refractivity contribution in [1.82, 2.24) is 0 Å². The highest BCUT2D eigenvalue weighted by Crippen LogP contribution is 2.30. The maximum Gasteiger partial charge on any atom is 0.396 e. The first-order valence-electron chi connectivity index (χ1n) is 3.04. The van der Waals surface area contributed by atoms with Gasteiger partial charge < -0.3 is 9.47 Å². The van der Waals surface area contributed by atoms with Crippen molar-refractivity contribution < 1.29 is 14.2 Å². The lowest BCUT2D eigenvalue weighted by Gasteiger charge is -2.08. The number of epoxide rings is 1. The first kappa shape index (κ1) is 7.15. The Bertz CT molecular complexity index is 147. The van der Waals surface area contributed by atoms with Gasteiger partial charge in [-0.05, 0) is 6.92 Å². The third-order valence-electron chi connectivity index (χ3n) is 1.03. The first-order chi connectivity index (χ1) is 4.83. The SMILES string of the molecule is C=COC1(OC=CC)CO1. The monoisotopic (exact) mass is 142 g/mol. The van der Waals surface area contributed by atoms with E-state index in [0.29, 0.717) is 6.61 Å². The molecule has 0 aromatic carbocycles. The molecule has 0 aromatic rings. The van der Waals surface area contributed by atoms with Crippen molar-refractivity contribution in [3.05, 3.63) is 25.2 Å². The molecule has 1 unspecified atom stereocenters. The van der Waals surface area contributed by atoms with Crippen LogP contribution in [0.3, 0.4) is 0 Å². The second kappa shape index (κ2) is 2.75. The molecule has 0 amide bonds. The molecule has 10 heavy (non-hydrogen) atoms. The van der Waals surface area contributed by atoms with E-state index in [1.165, 1.54) is 12.5 Å². The fourth-order valence-corrected chi connectivity index (χ4v) is 0.521. The largest absolute Gasteiger partial charge is 0.437 e. The van der Waals surface area contributed by atoms with Crippen molar-refractivity contribution in [2.75, 3.05) is 6.61 Å². The van der Waals surface area contributed by atoms with Crippen molar-refractivity contribution in [2.45, 2.75) is 12.9 Å². The number of hydrogen-bond donors (Lipinski definition) is 0. The van der Waals surface area contributed by atoms with Crippen LogP contribution in [0.4, 0.5) is 0 Å². The summed E-state index contributed by atoms with van der Waals surface area (Å²) < 4.78 is 14.8. The van der Waals surface area contributed by atoms with Gasteiger partial charge in [-0.25, -0.2) is 0 Å². The lowest BCUT2D eigenvalue weighted by molar-refractivity contribution is -0.161. The van der Waals surface area contributed by atoms with Crippen LogP contribution in [-0.2, 0) is 14.2 Å². The van der Waals surface area contributed by atoms with Gasteiger partial charge in [-0.2, -0.15) is 0 Å². The van der Waals surface area contributed by atoms with E-state index in [1.54, 1.807) is 6.08 Å². The van der Waals surface area contributed by atoms with Gasteiger partial charge in [0.1, 0.15) is 0 Å². The Labute approximate surface area is 59.9 Å². The van der Waals surface area contributed by atoms with E-state index >= 15 is 0 Å². The normalized spacial score (nSPS) is 30.1. The molecule has 0 radical (unpaired) electrons.